The molecule has 2 N–H and O–H groups in total. The van der Waals surface area contributed by atoms with Gasteiger partial charge in [0.1, 0.15) is 5.60 Å². The average Bonchev–Trinajstić information content (AvgIpc) is 3.00. The van der Waals surface area contributed by atoms with Gasteiger partial charge in [-0.2, -0.15) is 0 Å². The summed E-state index contributed by atoms with van der Waals surface area (Å²) in [6.07, 6.45) is 5.98. The van der Waals surface area contributed by atoms with Gasteiger partial charge in [-0.05, 0) is 66.0 Å². The SMILES string of the molecule is CN1CCCC1CNC1CCCC1CNC(=O)OC(C)(C)C. The van der Waals surface area contributed by atoms with Gasteiger partial charge in [-0.15, -0.1) is 0 Å². The van der Waals surface area contributed by atoms with Gasteiger partial charge in [0.2, 0.25) is 0 Å². The van der Waals surface area contributed by atoms with Crippen molar-refractivity contribution in [2.24, 2.45) is 5.92 Å². The van der Waals surface area contributed by atoms with Crippen LogP contribution in [-0.4, -0.2) is 55.4 Å². The summed E-state index contributed by atoms with van der Waals surface area (Å²) in [5.74, 6) is 0.527. The predicted molar refractivity (Wildman–Crippen MR) is 89.0 cm³/mol. The summed E-state index contributed by atoms with van der Waals surface area (Å²) < 4.78 is 5.31. The van der Waals surface area contributed by atoms with Gasteiger partial charge in [0, 0.05) is 25.2 Å². The first kappa shape index (κ1) is 17.5. The molecule has 0 aromatic rings. The summed E-state index contributed by atoms with van der Waals surface area (Å²) in [7, 11) is 2.22. The molecule has 0 spiro atoms. The van der Waals surface area contributed by atoms with Crippen molar-refractivity contribution < 1.29 is 9.53 Å². The molecule has 2 fully saturated rings. The van der Waals surface area contributed by atoms with Crippen LogP contribution in [0.15, 0.2) is 0 Å². The summed E-state index contributed by atoms with van der Waals surface area (Å²) in [4.78, 5) is 14.2. The smallest absolute Gasteiger partial charge is 0.407 e. The van der Waals surface area contributed by atoms with Crippen LogP contribution in [0.3, 0.4) is 0 Å². The van der Waals surface area contributed by atoms with Crippen molar-refractivity contribution in [1.82, 2.24) is 15.5 Å². The van der Waals surface area contributed by atoms with Crippen molar-refractivity contribution in [3.05, 3.63) is 0 Å². The lowest BCUT2D eigenvalue weighted by Crippen LogP contribution is -2.44. The van der Waals surface area contributed by atoms with Crippen LogP contribution in [0.4, 0.5) is 4.79 Å². The number of amides is 1. The highest BCUT2D eigenvalue weighted by molar-refractivity contribution is 5.67. The zero-order chi connectivity index (χ0) is 16.2. The fourth-order valence-electron chi connectivity index (χ4n) is 3.60. The molecular formula is C17H33N3O2. The lowest BCUT2D eigenvalue weighted by Gasteiger charge is -2.26. The van der Waals surface area contributed by atoms with E-state index in [9.17, 15) is 4.79 Å². The number of carbonyl (C=O) groups is 1. The van der Waals surface area contributed by atoms with Gasteiger partial charge in [-0.1, -0.05) is 6.42 Å². The number of likely N-dealkylation sites (N-methyl/N-ethyl adjacent to an activating group) is 1. The third-order valence-corrected chi connectivity index (χ3v) is 4.85. The van der Waals surface area contributed by atoms with Gasteiger partial charge in [-0.25, -0.2) is 4.79 Å². The first-order chi connectivity index (χ1) is 10.3. The van der Waals surface area contributed by atoms with Crippen molar-refractivity contribution in [3.8, 4) is 0 Å². The molecule has 2 rings (SSSR count). The molecule has 1 aliphatic heterocycles. The van der Waals surface area contributed by atoms with E-state index in [0.717, 1.165) is 6.54 Å². The minimum Gasteiger partial charge on any atom is -0.444 e. The van der Waals surface area contributed by atoms with Crippen molar-refractivity contribution in [2.75, 3.05) is 26.7 Å². The van der Waals surface area contributed by atoms with E-state index >= 15 is 0 Å². The number of alkyl carbamates (subject to hydrolysis) is 1. The second-order valence-corrected chi connectivity index (χ2v) is 7.87. The highest BCUT2D eigenvalue weighted by Crippen LogP contribution is 2.26. The van der Waals surface area contributed by atoms with Gasteiger partial charge in [-0.3, -0.25) is 0 Å². The van der Waals surface area contributed by atoms with E-state index in [0.29, 0.717) is 24.5 Å². The number of hydrogen-bond acceptors (Lipinski definition) is 4. The van der Waals surface area contributed by atoms with Crippen LogP contribution in [0.5, 0.6) is 0 Å². The summed E-state index contributed by atoms with van der Waals surface area (Å²) in [5, 5.41) is 6.68. The lowest BCUT2D eigenvalue weighted by atomic mass is 10.0. The maximum absolute atomic E-state index is 11.8. The summed E-state index contributed by atoms with van der Waals surface area (Å²) in [5.41, 5.74) is -0.426. The van der Waals surface area contributed by atoms with Crippen LogP contribution in [0, 0.1) is 5.92 Å². The van der Waals surface area contributed by atoms with Gasteiger partial charge in [0.25, 0.3) is 0 Å². The number of nitrogens with zero attached hydrogens (tertiary/aromatic N) is 1. The van der Waals surface area contributed by atoms with Gasteiger partial charge in [0.05, 0.1) is 0 Å². The molecule has 22 heavy (non-hydrogen) atoms. The summed E-state index contributed by atoms with van der Waals surface area (Å²) >= 11 is 0. The van der Waals surface area contributed by atoms with E-state index in [1.54, 1.807) is 0 Å². The number of hydrogen-bond donors (Lipinski definition) is 2. The van der Waals surface area contributed by atoms with E-state index in [2.05, 4.69) is 22.6 Å². The number of rotatable bonds is 5. The monoisotopic (exact) mass is 311 g/mol. The first-order valence-electron chi connectivity index (χ1n) is 8.75. The molecule has 3 unspecified atom stereocenters. The molecule has 0 aromatic carbocycles. The normalized spacial score (nSPS) is 29.7. The topological polar surface area (TPSA) is 53.6 Å². The maximum Gasteiger partial charge on any atom is 0.407 e. The molecule has 1 saturated carbocycles. The van der Waals surface area contributed by atoms with E-state index in [-0.39, 0.29) is 6.09 Å². The molecule has 1 aliphatic carbocycles. The van der Waals surface area contributed by atoms with Crippen molar-refractivity contribution in [2.45, 2.75) is 70.6 Å². The average molecular weight is 311 g/mol. The Hall–Kier alpha value is -0.810. The third kappa shape index (κ3) is 5.43. The Labute approximate surface area is 135 Å². The van der Waals surface area contributed by atoms with Crippen molar-refractivity contribution in [1.29, 1.82) is 0 Å². The van der Waals surface area contributed by atoms with E-state index < -0.39 is 5.60 Å². The van der Waals surface area contributed by atoms with E-state index in [1.165, 1.54) is 38.6 Å². The molecule has 0 aromatic heterocycles. The molecule has 1 amide bonds. The Morgan fingerprint density at radius 1 is 1.18 bits per heavy atom. The zero-order valence-corrected chi connectivity index (χ0v) is 14.7. The molecule has 5 nitrogen and oxygen atoms in total. The van der Waals surface area contributed by atoms with Gasteiger partial charge < -0.3 is 20.3 Å². The van der Waals surface area contributed by atoms with Crippen LogP contribution in [-0.2, 0) is 4.74 Å². The fourth-order valence-corrected chi connectivity index (χ4v) is 3.60. The second-order valence-electron chi connectivity index (χ2n) is 7.87. The Bertz CT molecular complexity index is 367. The molecule has 2 aliphatic rings. The Morgan fingerprint density at radius 2 is 1.95 bits per heavy atom. The number of nitrogens with one attached hydrogen (secondary N) is 2. The van der Waals surface area contributed by atoms with Gasteiger partial charge in [0.15, 0.2) is 0 Å². The maximum atomic E-state index is 11.8. The molecule has 3 atom stereocenters. The molecule has 0 bridgehead atoms. The Balaban J connectivity index is 1.70. The molecule has 5 heteroatoms. The quantitative estimate of drug-likeness (QED) is 0.818. The fraction of sp³-hybridized carbons (Fsp3) is 0.941. The molecule has 1 heterocycles. The number of likely N-dealkylation sites (tertiary alicyclic amines) is 1. The third-order valence-electron chi connectivity index (χ3n) is 4.85. The Morgan fingerprint density at radius 3 is 2.59 bits per heavy atom. The minimum atomic E-state index is -0.426. The molecule has 0 radical (unpaired) electrons. The zero-order valence-electron chi connectivity index (χ0n) is 14.7. The summed E-state index contributed by atoms with van der Waals surface area (Å²) in [6.45, 7) is 8.69. The first-order valence-corrected chi connectivity index (χ1v) is 8.75. The molecule has 1 saturated heterocycles. The summed E-state index contributed by atoms with van der Waals surface area (Å²) in [6, 6.07) is 1.21. The van der Waals surface area contributed by atoms with Crippen molar-refractivity contribution >= 4 is 6.09 Å². The standard InChI is InChI=1S/C17H33N3O2/c1-17(2,3)22-16(21)19-11-13-7-5-9-15(13)18-12-14-8-6-10-20(14)4/h13-15,18H,5-12H2,1-4H3,(H,19,21). The van der Waals surface area contributed by atoms with Gasteiger partial charge >= 0.3 is 6.09 Å². The second kappa shape index (κ2) is 7.64. The number of ether oxygens (including phenoxy) is 1. The minimum absolute atomic E-state index is 0.298. The molecular weight excluding hydrogens is 278 g/mol. The van der Waals surface area contributed by atoms with Crippen LogP contribution in [0.25, 0.3) is 0 Å². The molecule has 128 valence electrons. The van der Waals surface area contributed by atoms with Crippen LogP contribution in [0.1, 0.15) is 52.9 Å². The van der Waals surface area contributed by atoms with Crippen LogP contribution in [0.2, 0.25) is 0 Å². The predicted octanol–water partition coefficient (Wildman–Crippen LogP) is 2.36. The Kier molecular flexibility index (Phi) is 6.09. The van der Waals surface area contributed by atoms with E-state index in [1.807, 2.05) is 20.8 Å². The van der Waals surface area contributed by atoms with E-state index in [4.69, 9.17) is 4.74 Å². The lowest BCUT2D eigenvalue weighted by molar-refractivity contribution is 0.0517. The van der Waals surface area contributed by atoms with Crippen LogP contribution >= 0.6 is 0 Å². The van der Waals surface area contributed by atoms with Crippen molar-refractivity contribution in [3.63, 3.8) is 0 Å². The largest absolute Gasteiger partial charge is 0.444 e. The number of carbonyl (C=O) groups excluding carboxylic acids is 1. The highest BCUT2D eigenvalue weighted by atomic mass is 16.6. The van der Waals surface area contributed by atoms with Crippen LogP contribution < -0.4 is 10.6 Å². The highest BCUT2D eigenvalue weighted by Gasteiger charge is 2.29.